The van der Waals surface area contributed by atoms with Gasteiger partial charge in [0, 0.05) is 12.0 Å². The normalized spacial score (nSPS) is 40.9. The Morgan fingerprint density at radius 2 is 1.74 bits per heavy atom. The molecule has 0 radical (unpaired) electrons. The summed E-state index contributed by atoms with van der Waals surface area (Å²) in [7, 11) is 0. The zero-order valence-corrected chi connectivity index (χ0v) is 12.4. The minimum Gasteiger partial charge on any atom is -0.353 e. The number of hydrogen-bond acceptors (Lipinski definition) is 2. The molecule has 1 saturated heterocycles. The van der Waals surface area contributed by atoms with Crippen molar-refractivity contribution in [2.45, 2.75) is 58.4 Å². The molecule has 0 aromatic rings. The van der Waals surface area contributed by atoms with Crippen molar-refractivity contribution in [3.63, 3.8) is 0 Å². The van der Waals surface area contributed by atoms with Crippen molar-refractivity contribution in [1.29, 1.82) is 0 Å². The van der Waals surface area contributed by atoms with Crippen molar-refractivity contribution in [2.24, 2.45) is 23.2 Å². The van der Waals surface area contributed by atoms with Gasteiger partial charge in [-0.15, -0.1) is 0 Å². The Kier molecular flexibility index (Phi) is 3.59. The lowest BCUT2D eigenvalue weighted by molar-refractivity contribution is -0.124. The molecule has 0 bridgehead atoms. The van der Waals surface area contributed by atoms with E-state index < -0.39 is 0 Å². The van der Waals surface area contributed by atoms with Crippen LogP contribution in [0.15, 0.2) is 0 Å². The van der Waals surface area contributed by atoms with E-state index in [4.69, 9.17) is 0 Å². The van der Waals surface area contributed by atoms with E-state index in [1.54, 1.807) is 0 Å². The average molecular weight is 264 g/mol. The molecule has 2 N–H and O–H groups in total. The predicted octanol–water partition coefficient (Wildman–Crippen LogP) is 2.32. The number of nitrogens with one attached hydrogen (secondary N) is 2. The zero-order chi connectivity index (χ0) is 13.5. The van der Waals surface area contributed by atoms with Gasteiger partial charge in [0.15, 0.2) is 0 Å². The first-order chi connectivity index (χ1) is 9.09. The van der Waals surface area contributed by atoms with Gasteiger partial charge in [-0.25, -0.2) is 0 Å². The molecule has 1 heterocycles. The Morgan fingerprint density at radius 1 is 1.11 bits per heavy atom. The van der Waals surface area contributed by atoms with E-state index in [1.807, 2.05) is 0 Å². The lowest BCUT2D eigenvalue weighted by atomic mass is 9.80. The molecule has 19 heavy (non-hydrogen) atoms. The van der Waals surface area contributed by atoms with Gasteiger partial charge in [-0.3, -0.25) is 4.79 Å². The first-order valence-corrected chi connectivity index (χ1v) is 8.10. The van der Waals surface area contributed by atoms with Gasteiger partial charge < -0.3 is 10.6 Å². The lowest BCUT2D eigenvalue weighted by Crippen LogP contribution is -2.42. The summed E-state index contributed by atoms with van der Waals surface area (Å²) in [4.78, 5) is 12.4. The first kappa shape index (κ1) is 13.4. The maximum atomic E-state index is 12.4. The van der Waals surface area contributed by atoms with E-state index in [0.717, 1.165) is 31.3 Å². The van der Waals surface area contributed by atoms with Gasteiger partial charge in [-0.05, 0) is 68.9 Å². The SMILES string of the molecule is CC1CC(C)CC(NC(=O)C2CC23CCNCC3)C1. The monoisotopic (exact) mass is 264 g/mol. The van der Waals surface area contributed by atoms with Gasteiger partial charge in [0.05, 0.1) is 0 Å². The number of carbonyl (C=O) groups is 1. The number of amides is 1. The Balaban J connectivity index is 1.52. The number of piperidine rings is 1. The second-order valence-corrected chi connectivity index (χ2v) is 7.49. The zero-order valence-electron chi connectivity index (χ0n) is 12.4. The van der Waals surface area contributed by atoms with Gasteiger partial charge in [-0.2, -0.15) is 0 Å². The van der Waals surface area contributed by atoms with Crippen molar-refractivity contribution in [2.75, 3.05) is 13.1 Å². The summed E-state index contributed by atoms with van der Waals surface area (Å²) >= 11 is 0. The van der Waals surface area contributed by atoms with Crippen LogP contribution < -0.4 is 10.6 Å². The van der Waals surface area contributed by atoms with Gasteiger partial charge in [0.25, 0.3) is 0 Å². The van der Waals surface area contributed by atoms with Crippen LogP contribution in [0.5, 0.6) is 0 Å². The molecule has 3 nitrogen and oxygen atoms in total. The fourth-order valence-corrected chi connectivity index (χ4v) is 4.56. The fraction of sp³-hybridized carbons (Fsp3) is 0.938. The van der Waals surface area contributed by atoms with Crippen molar-refractivity contribution in [3.8, 4) is 0 Å². The highest BCUT2D eigenvalue weighted by atomic mass is 16.2. The minimum absolute atomic E-state index is 0.321. The quantitative estimate of drug-likeness (QED) is 0.803. The Labute approximate surface area is 116 Å². The molecule has 3 rings (SSSR count). The van der Waals surface area contributed by atoms with Crippen LogP contribution in [0.1, 0.15) is 52.4 Å². The summed E-state index contributed by atoms with van der Waals surface area (Å²) in [5.74, 6) is 2.21. The van der Waals surface area contributed by atoms with Gasteiger partial charge in [0.2, 0.25) is 5.91 Å². The topological polar surface area (TPSA) is 41.1 Å². The molecular weight excluding hydrogens is 236 g/mol. The van der Waals surface area contributed by atoms with E-state index in [-0.39, 0.29) is 0 Å². The fourth-order valence-electron chi connectivity index (χ4n) is 4.56. The van der Waals surface area contributed by atoms with Crippen molar-refractivity contribution in [3.05, 3.63) is 0 Å². The van der Waals surface area contributed by atoms with Crippen molar-refractivity contribution in [1.82, 2.24) is 10.6 Å². The van der Waals surface area contributed by atoms with Gasteiger partial charge >= 0.3 is 0 Å². The minimum atomic E-state index is 0.321. The number of rotatable bonds is 2. The molecule has 0 aromatic heterocycles. The summed E-state index contributed by atoms with van der Waals surface area (Å²) in [6.07, 6.45) is 7.21. The molecular formula is C16H28N2O. The van der Waals surface area contributed by atoms with Crippen LogP contribution in [0.25, 0.3) is 0 Å². The van der Waals surface area contributed by atoms with E-state index in [0.29, 0.717) is 23.3 Å². The molecule has 1 amide bonds. The van der Waals surface area contributed by atoms with Crippen LogP contribution in [0.4, 0.5) is 0 Å². The molecule has 108 valence electrons. The largest absolute Gasteiger partial charge is 0.353 e. The van der Waals surface area contributed by atoms with E-state index in [9.17, 15) is 4.79 Å². The summed E-state index contributed by atoms with van der Waals surface area (Å²) in [6.45, 7) is 6.84. The van der Waals surface area contributed by atoms with E-state index in [2.05, 4.69) is 24.5 Å². The molecule has 2 aliphatic carbocycles. The third-order valence-electron chi connectivity index (χ3n) is 5.63. The Morgan fingerprint density at radius 3 is 2.37 bits per heavy atom. The van der Waals surface area contributed by atoms with E-state index >= 15 is 0 Å². The highest BCUT2D eigenvalue weighted by Gasteiger charge is 2.57. The van der Waals surface area contributed by atoms with Gasteiger partial charge in [0.1, 0.15) is 0 Å². The van der Waals surface area contributed by atoms with Crippen LogP contribution in [0.3, 0.4) is 0 Å². The Hall–Kier alpha value is -0.570. The van der Waals surface area contributed by atoms with Crippen molar-refractivity contribution >= 4 is 5.91 Å². The number of hydrogen-bond donors (Lipinski definition) is 2. The summed E-state index contributed by atoms with van der Waals surface area (Å²) in [5.41, 5.74) is 0.376. The second kappa shape index (κ2) is 5.08. The number of carbonyl (C=O) groups excluding carboxylic acids is 1. The molecule has 3 atom stereocenters. The van der Waals surface area contributed by atoms with Crippen LogP contribution in [0.2, 0.25) is 0 Å². The van der Waals surface area contributed by atoms with Crippen LogP contribution in [-0.2, 0) is 4.79 Å². The summed E-state index contributed by atoms with van der Waals surface area (Å²) in [6, 6.07) is 0.436. The maximum absolute atomic E-state index is 12.4. The van der Waals surface area contributed by atoms with Crippen LogP contribution in [-0.4, -0.2) is 25.0 Å². The predicted molar refractivity (Wildman–Crippen MR) is 76.8 cm³/mol. The average Bonchev–Trinajstić information content (AvgIpc) is 3.02. The van der Waals surface area contributed by atoms with E-state index in [1.165, 1.54) is 32.1 Å². The summed E-state index contributed by atoms with van der Waals surface area (Å²) < 4.78 is 0. The standard InChI is InChI=1S/C16H28N2O/c1-11-7-12(2)9-13(8-11)18-15(19)14-10-16(14)3-5-17-6-4-16/h11-14,17H,3-10H2,1-2H3,(H,18,19). The molecule has 0 aromatic carbocycles. The molecule has 1 spiro atoms. The lowest BCUT2D eigenvalue weighted by Gasteiger charge is -2.32. The van der Waals surface area contributed by atoms with Crippen LogP contribution >= 0.6 is 0 Å². The first-order valence-electron chi connectivity index (χ1n) is 8.10. The molecule has 1 aliphatic heterocycles. The Bertz CT molecular complexity index is 339. The third kappa shape index (κ3) is 2.81. The second-order valence-electron chi connectivity index (χ2n) is 7.49. The molecule has 3 fully saturated rings. The molecule has 3 heteroatoms. The maximum Gasteiger partial charge on any atom is 0.223 e. The highest BCUT2D eigenvalue weighted by Crippen LogP contribution is 2.58. The molecule has 2 saturated carbocycles. The summed E-state index contributed by atoms with van der Waals surface area (Å²) in [5, 5.41) is 6.75. The third-order valence-corrected chi connectivity index (χ3v) is 5.63. The smallest absolute Gasteiger partial charge is 0.223 e. The molecule has 3 aliphatic rings. The van der Waals surface area contributed by atoms with Crippen LogP contribution in [0, 0.1) is 23.2 Å². The highest BCUT2D eigenvalue weighted by molar-refractivity contribution is 5.82. The molecule has 3 unspecified atom stereocenters. The van der Waals surface area contributed by atoms with Crippen molar-refractivity contribution < 1.29 is 4.79 Å². The van der Waals surface area contributed by atoms with Gasteiger partial charge in [-0.1, -0.05) is 13.8 Å².